The molecule has 2 aliphatic rings. The van der Waals surface area contributed by atoms with E-state index in [-0.39, 0.29) is 12.7 Å². The van der Waals surface area contributed by atoms with E-state index in [1.54, 1.807) is 12.1 Å². The maximum Gasteiger partial charge on any atom is 0.303 e. The lowest BCUT2D eigenvalue weighted by Gasteiger charge is -2.43. The second-order valence-electron chi connectivity index (χ2n) is 9.81. The average Bonchev–Trinajstić information content (AvgIpc) is 3.41. The van der Waals surface area contributed by atoms with Crippen LogP contribution in [0.3, 0.4) is 0 Å². The Labute approximate surface area is 237 Å². The van der Waals surface area contributed by atoms with Gasteiger partial charge in [0.05, 0.1) is 13.2 Å². The first-order valence-electron chi connectivity index (χ1n) is 13.0. The van der Waals surface area contributed by atoms with Crippen molar-refractivity contribution in [1.29, 1.82) is 0 Å². The molecule has 2 aliphatic heterocycles. The first-order chi connectivity index (χ1) is 19.1. The lowest BCUT2D eigenvalue weighted by atomic mass is 9.89. The number of carbonyl (C=O) groups is 3. The van der Waals surface area contributed by atoms with Gasteiger partial charge >= 0.3 is 17.9 Å². The number of aliphatic hydroxyl groups is 1. The minimum absolute atomic E-state index is 0.0538. The third-order valence-corrected chi connectivity index (χ3v) is 6.99. The van der Waals surface area contributed by atoms with Crippen molar-refractivity contribution in [3.05, 3.63) is 64.2 Å². The van der Waals surface area contributed by atoms with Crippen LogP contribution in [0, 0.1) is 0 Å². The van der Waals surface area contributed by atoms with E-state index in [2.05, 4.69) is 0 Å². The highest BCUT2D eigenvalue weighted by Gasteiger charge is 2.50. The third kappa shape index (κ3) is 7.72. The lowest BCUT2D eigenvalue weighted by Crippen LogP contribution is -2.58. The molecule has 216 valence electrons. The van der Waals surface area contributed by atoms with E-state index in [0.29, 0.717) is 30.2 Å². The fraction of sp³-hybridized carbons (Fsp3) is 0.483. The Bertz CT molecular complexity index is 1190. The van der Waals surface area contributed by atoms with Crippen molar-refractivity contribution in [2.75, 3.05) is 19.8 Å². The lowest BCUT2D eigenvalue weighted by molar-refractivity contribution is -0.248. The Hall–Kier alpha value is -3.18. The zero-order valence-electron chi connectivity index (χ0n) is 22.5. The minimum atomic E-state index is -1.45. The average molecular weight is 577 g/mol. The number of ether oxygens (including phenoxy) is 6. The van der Waals surface area contributed by atoms with Gasteiger partial charge in [-0.05, 0) is 41.3 Å². The number of carbonyl (C=O) groups excluding carboxylic acids is 3. The van der Waals surface area contributed by atoms with Crippen LogP contribution >= 0.6 is 11.6 Å². The van der Waals surface area contributed by atoms with Crippen molar-refractivity contribution in [3.63, 3.8) is 0 Å². The molecule has 40 heavy (non-hydrogen) atoms. The largest absolute Gasteiger partial charge is 0.488 e. The molecular weight excluding hydrogens is 544 g/mol. The molecule has 0 aliphatic carbocycles. The molecule has 0 spiro atoms. The Morgan fingerprint density at radius 1 is 0.975 bits per heavy atom. The zero-order chi connectivity index (χ0) is 28.8. The highest BCUT2D eigenvalue weighted by molar-refractivity contribution is 6.31. The molecule has 1 N–H and O–H groups in total. The third-order valence-electron chi connectivity index (χ3n) is 6.62. The fourth-order valence-corrected chi connectivity index (χ4v) is 4.99. The van der Waals surface area contributed by atoms with Gasteiger partial charge in [0.15, 0.2) is 12.2 Å². The molecule has 0 bridgehead atoms. The summed E-state index contributed by atoms with van der Waals surface area (Å²) in [6, 6.07) is 12.9. The number of hydrogen-bond donors (Lipinski definition) is 1. The van der Waals surface area contributed by atoms with Gasteiger partial charge < -0.3 is 33.5 Å². The van der Waals surface area contributed by atoms with Gasteiger partial charge in [0.2, 0.25) is 0 Å². The SMILES string of the molecule is CC(=O)OC[C@H]1O[C@@H](c2ccc(Cl)c(Cc3ccc(O[C@H]4CCOC4)cc3)c2)[C@H](OC(C)=O)[C@@H](O)[C@@H]1OC(C)=O. The molecule has 0 unspecified atom stereocenters. The van der Waals surface area contributed by atoms with Crippen molar-refractivity contribution >= 4 is 29.5 Å². The summed E-state index contributed by atoms with van der Waals surface area (Å²) in [6.45, 7) is 4.61. The molecule has 2 aromatic carbocycles. The van der Waals surface area contributed by atoms with Crippen molar-refractivity contribution in [1.82, 2.24) is 0 Å². The Morgan fingerprint density at radius 2 is 1.68 bits per heavy atom. The van der Waals surface area contributed by atoms with Gasteiger partial charge in [-0.3, -0.25) is 14.4 Å². The summed E-state index contributed by atoms with van der Waals surface area (Å²) in [5, 5.41) is 11.7. The molecule has 10 nitrogen and oxygen atoms in total. The van der Waals surface area contributed by atoms with Crippen LogP contribution in [-0.2, 0) is 44.5 Å². The van der Waals surface area contributed by atoms with Crippen LogP contribution in [0.5, 0.6) is 5.75 Å². The summed E-state index contributed by atoms with van der Waals surface area (Å²) in [6.07, 6.45) is -4.48. The molecule has 11 heteroatoms. The molecule has 0 amide bonds. The van der Waals surface area contributed by atoms with Crippen LogP contribution < -0.4 is 4.74 Å². The van der Waals surface area contributed by atoms with Crippen molar-refractivity contribution in [2.45, 2.75) is 70.2 Å². The number of aliphatic hydroxyl groups excluding tert-OH is 1. The van der Waals surface area contributed by atoms with Gasteiger partial charge in [-0.1, -0.05) is 35.9 Å². The van der Waals surface area contributed by atoms with E-state index >= 15 is 0 Å². The molecule has 2 aromatic rings. The molecule has 6 atom stereocenters. The van der Waals surface area contributed by atoms with Crippen molar-refractivity contribution in [3.8, 4) is 5.75 Å². The topological polar surface area (TPSA) is 127 Å². The van der Waals surface area contributed by atoms with Crippen LogP contribution in [0.4, 0.5) is 0 Å². The van der Waals surface area contributed by atoms with Crippen LogP contribution in [0.15, 0.2) is 42.5 Å². The summed E-state index contributed by atoms with van der Waals surface area (Å²) in [4.78, 5) is 35.2. The number of hydrogen-bond acceptors (Lipinski definition) is 10. The fourth-order valence-electron chi connectivity index (χ4n) is 4.80. The predicted octanol–water partition coefficient (Wildman–Crippen LogP) is 3.33. The zero-order valence-corrected chi connectivity index (χ0v) is 23.3. The van der Waals surface area contributed by atoms with Gasteiger partial charge in [-0.25, -0.2) is 0 Å². The molecule has 2 heterocycles. The predicted molar refractivity (Wildman–Crippen MR) is 142 cm³/mol. The molecule has 0 saturated carbocycles. The maximum absolute atomic E-state index is 12.0. The summed E-state index contributed by atoms with van der Waals surface area (Å²) < 4.78 is 33.3. The van der Waals surface area contributed by atoms with Crippen molar-refractivity contribution in [2.24, 2.45) is 0 Å². The summed E-state index contributed by atoms with van der Waals surface area (Å²) in [5.74, 6) is -1.14. The van der Waals surface area contributed by atoms with Crippen molar-refractivity contribution < 1.29 is 47.9 Å². The number of benzene rings is 2. The quantitative estimate of drug-likeness (QED) is 0.351. The van der Waals surface area contributed by atoms with Crippen LogP contribution in [0.25, 0.3) is 0 Å². The van der Waals surface area contributed by atoms with E-state index in [1.165, 1.54) is 20.8 Å². The van der Waals surface area contributed by atoms with Crippen LogP contribution in [0.1, 0.15) is 50.0 Å². The highest BCUT2D eigenvalue weighted by atomic mass is 35.5. The molecular formula is C29H33ClO10. The normalized spacial score (nSPS) is 26.1. The van der Waals surface area contributed by atoms with Crippen LogP contribution in [0.2, 0.25) is 5.02 Å². The molecule has 2 fully saturated rings. The molecule has 2 saturated heterocycles. The monoisotopic (exact) mass is 576 g/mol. The van der Waals surface area contributed by atoms with Crippen LogP contribution in [-0.4, -0.2) is 73.4 Å². The number of esters is 3. The Kier molecular flexibility index (Phi) is 10.0. The summed E-state index contributed by atoms with van der Waals surface area (Å²) in [7, 11) is 0. The Balaban J connectivity index is 1.58. The van der Waals surface area contributed by atoms with Gasteiger partial charge in [0.25, 0.3) is 0 Å². The number of rotatable bonds is 9. The first kappa shape index (κ1) is 29.8. The number of halogens is 1. The second kappa shape index (κ2) is 13.5. The molecule has 0 radical (unpaired) electrons. The Morgan fingerprint density at radius 3 is 2.30 bits per heavy atom. The van der Waals surface area contributed by atoms with Gasteiger partial charge in [0, 0.05) is 32.2 Å². The van der Waals surface area contributed by atoms with Gasteiger partial charge in [0.1, 0.15) is 36.8 Å². The van der Waals surface area contributed by atoms with Gasteiger partial charge in [-0.2, -0.15) is 0 Å². The maximum atomic E-state index is 12.0. The summed E-state index contributed by atoms with van der Waals surface area (Å²) >= 11 is 6.54. The molecule has 4 rings (SSSR count). The van der Waals surface area contributed by atoms with E-state index in [4.69, 9.17) is 40.0 Å². The van der Waals surface area contributed by atoms with E-state index in [1.807, 2.05) is 30.3 Å². The smallest absolute Gasteiger partial charge is 0.303 e. The van der Waals surface area contributed by atoms with E-state index in [0.717, 1.165) is 23.3 Å². The summed E-state index contributed by atoms with van der Waals surface area (Å²) in [5.41, 5.74) is 2.33. The van der Waals surface area contributed by atoms with E-state index < -0.39 is 48.4 Å². The van der Waals surface area contributed by atoms with Gasteiger partial charge in [-0.15, -0.1) is 0 Å². The second-order valence-corrected chi connectivity index (χ2v) is 10.2. The highest BCUT2D eigenvalue weighted by Crippen LogP contribution is 2.37. The standard InChI is InChI=1S/C29H33ClO10/c1-16(31)36-15-25-28(37-17(2)32)26(34)29(38-18(3)33)27(40-25)20-6-9-24(30)21(13-20)12-19-4-7-22(8-5-19)39-23-10-11-35-14-23/h4-9,13,23,25-29,34H,10-12,14-15H2,1-3H3/t23-,25+,26-,27-,28+,29+/m0/s1. The van der Waals surface area contributed by atoms with E-state index in [9.17, 15) is 19.5 Å². The molecule has 0 aromatic heterocycles. The minimum Gasteiger partial charge on any atom is -0.488 e. The first-order valence-corrected chi connectivity index (χ1v) is 13.4.